The molecule has 1 unspecified atom stereocenters. The molecule has 0 spiro atoms. The summed E-state index contributed by atoms with van der Waals surface area (Å²) in [5.74, 6) is 0. The van der Waals surface area contributed by atoms with Gasteiger partial charge in [-0.25, -0.2) is 13.1 Å². The van der Waals surface area contributed by atoms with E-state index >= 15 is 0 Å². The highest BCUT2D eigenvalue weighted by molar-refractivity contribution is 7.89. The summed E-state index contributed by atoms with van der Waals surface area (Å²) in [6.45, 7) is 3.58. The van der Waals surface area contributed by atoms with Crippen molar-refractivity contribution in [1.82, 2.24) is 4.72 Å². The lowest BCUT2D eigenvalue weighted by molar-refractivity contribution is 0.199. The van der Waals surface area contributed by atoms with Crippen LogP contribution in [0, 0.1) is 0 Å². The lowest BCUT2D eigenvalue weighted by Gasteiger charge is -2.25. The Hall–Kier alpha value is -0.910. The Labute approximate surface area is 114 Å². The standard InChI is InChI=1S/C14H21NO3S/c1-11(16)12-6-5-7-13(10-12)19(17,18)15-14(2)8-3-4-9-14/h5-7,10-11,15-16H,3-4,8-9H2,1-2H3. The monoisotopic (exact) mass is 283 g/mol. The Morgan fingerprint density at radius 2 is 1.95 bits per heavy atom. The summed E-state index contributed by atoms with van der Waals surface area (Å²) in [7, 11) is -3.52. The van der Waals surface area contributed by atoms with Gasteiger partial charge in [-0.05, 0) is 44.4 Å². The first-order chi connectivity index (χ1) is 8.82. The van der Waals surface area contributed by atoms with E-state index in [2.05, 4.69) is 4.72 Å². The molecular weight excluding hydrogens is 262 g/mol. The Morgan fingerprint density at radius 1 is 1.32 bits per heavy atom. The van der Waals surface area contributed by atoms with Crippen LogP contribution in [0.2, 0.25) is 0 Å². The summed E-state index contributed by atoms with van der Waals surface area (Å²) in [6, 6.07) is 6.48. The maximum atomic E-state index is 12.4. The summed E-state index contributed by atoms with van der Waals surface area (Å²) in [6.07, 6.45) is 3.21. The average molecular weight is 283 g/mol. The maximum Gasteiger partial charge on any atom is 0.241 e. The van der Waals surface area contributed by atoms with Crippen molar-refractivity contribution in [3.05, 3.63) is 29.8 Å². The van der Waals surface area contributed by atoms with Gasteiger partial charge in [-0.3, -0.25) is 0 Å². The quantitative estimate of drug-likeness (QED) is 0.891. The van der Waals surface area contributed by atoms with Crippen LogP contribution in [-0.4, -0.2) is 19.1 Å². The van der Waals surface area contributed by atoms with Gasteiger partial charge >= 0.3 is 0 Å². The zero-order valence-electron chi connectivity index (χ0n) is 11.4. The molecule has 1 aliphatic rings. The third-order valence-corrected chi connectivity index (χ3v) is 5.37. The van der Waals surface area contributed by atoms with E-state index in [1.54, 1.807) is 25.1 Å². The fourth-order valence-corrected chi connectivity index (χ4v) is 4.10. The molecule has 1 atom stereocenters. The molecule has 5 heteroatoms. The first-order valence-electron chi connectivity index (χ1n) is 6.64. The van der Waals surface area contributed by atoms with Crippen LogP contribution < -0.4 is 4.72 Å². The van der Waals surface area contributed by atoms with Crippen molar-refractivity contribution in [2.45, 2.75) is 56.1 Å². The second-order valence-corrected chi connectivity index (χ2v) is 7.30. The van der Waals surface area contributed by atoms with Gasteiger partial charge in [0.2, 0.25) is 10.0 Å². The van der Waals surface area contributed by atoms with Gasteiger partial charge in [-0.15, -0.1) is 0 Å². The smallest absolute Gasteiger partial charge is 0.241 e. The highest BCUT2D eigenvalue weighted by Crippen LogP contribution is 2.30. The number of benzene rings is 1. The number of hydrogen-bond donors (Lipinski definition) is 2. The van der Waals surface area contributed by atoms with Crippen LogP contribution in [0.1, 0.15) is 51.2 Å². The van der Waals surface area contributed by atoms with E-state index in [0.29, 0.717) is 5.56 Å². The van der Waals surface area contributed by atoms with E-state index in [0.717, 1.165) is 25.7 Å². The van der Waals surface area contributed by atoms with Gasteiger partial charge < -0.3 is 5.11 Å². The molecule has 1 aromatic rings. The van der Waals surface area contributed by atoms with Crippen molar-refractivity contribution in [2.24, 2.45) is 0 Å². The van der Waals surface area contributed by atoms with Crippen molar-refractivity contribution in [3.63, 3.8) is 0 Å². The van der Waals surface area contributed by atoms with Crippen LogP contribution in [0.5, 0.6) is 0 Å². The molecule has 0 radical (unpaired) electrons. The van der Waals surface area contributed by atoms with Crippen LogP contribution in [0.25, 0.3) is 0 Å². The van der Waals surface area contributed by atoms with E-state index in [1.807, 2.05) is 6.92 Å². The van der Waals surface area contributed by atoms with Gasteiger partial charge in [-0.2, -0.15) is 0 Å². The molecule has 2 rings (SSSR count). The van der Waals surface area contributed by atoms with Gasteiger partial charge in [-0.1, -0.05) is 25.0 Å². The lowest BCUT2D eigenvalue weighted by Crippen LogP contribution is -2.43. The van der Waals surface area contributed by atoms with Crippen LogP contribution in [0.4, 0.5) is 0 Å². The van der Waals surface area contributed by atoms with Crippen LogP contribution in [-0.2, 0) is 10.0 Å². The van der Waals surface area contributed by atoms with Gasteiger partial charge in [0, 0.05) is 5.54 Å². The van der Waals surface area contributed by atoms with Crippen molar-refractivity contribution >= 4 is 10.0 Å². The zero-order chi connectivity index (χ0) is 14.1. The van der Waals surface area contributed by atoms with Crippen LogP contribution >= 0.6 is 0 Å². The Balaban J connectivity index is 2.26. The first kappa shape index (κ1) is 14.5. The molecule has 4 nitrogen and oxygen atoms in total. The zero-order valence-corrected chi connectivity index (χ0v) is 12.2. The van der Waals surface area contributed by atoms with Crippen LogP contribution in [0.3, 0.4) is 0 Å². The predicted molar refractivity (Wildman–Crippen MR) is 74.3 cm³/mol. The molecule has 1 saturated carbocycles. The van der Waals surface area contributed by atoms with Crippen molar-refractivity contribution in [2.75, 3.05) is 0 Å². The molecule has 2 N–H and O–H groups in total. The normalized spacial score (nSPS) is 20.4. The number of hydrogen-bond acceptors (Lipinski definition) is 3. The maximum absolute atomic E-state index is 12.4. The molecule has 0 aliphatic heterocycles. The third kappa shape index (κ3) is 3.35. The second-order valence-electron chi connectivity index (χ2n) is 5.62. The molecule has 0 aromatic heterocycles. The number of rotatable bonds is 4. The molecule has 0 saturated heterocycles. The molecule has 0 heterocycles. The minimum atomic E-state index is -3.52. The Bertz CT molecular complexity index is 546. The molecule has 0 bridgehead atoms. The van der Waals surface area contributed by atoms with E-state index in [1.165, 1.54) is 6.07 Å². The highest BCUT2D eigenvalue weighted by Gasteiger charge is 2.33. The largest absolute Gasteiger partial charge is 0.389 e. The third-order valence-electron chi connectivity index (χ3n) is 3.74. The number of sulfonamides is 1. The van der Waals surface area contributed by atoms with Gasteiger partial charge in [0.1, 0.15) is 0 Å². The minimum absolute atomic E-state index is 0.221. The van der Waals surface area contributed by atoms with E-state index in [9.17, 15) is 13.5 Å². The summed E-state index contributed by atoms with van der Waals surface area (Å²) < 4.78 is 27.6. The topological polar surface area (TPSA) is 66.4 Å². The fraction of sp³-hybridized carbons (Fsp3) is 0.571. The molecule has 1 aromatic carbocycles. The van der Waals surface area contributed by atoms with Crippen molar-refractivity contribution in [3.8, 4) is 0 Å². The molecule has 1 fully saturated rings. The Kier molecular flexibility index (Phi) is 3.99. The predicted octanol–water partition coefficient (Wildman–Crippen LogP) is 2.35. The highest BCUT2D eigenvalue weighted by atomic mass is 32.2. The van der Waals surface area contributed by atoms with E-state index in [4.69, 9.17) is 0 Å². The average Bonchev–Trinajstić information content (AvgIpc) is 2.75. The van der Waals surface area contributed by atoms with Crippen LogP contribution in [0.15, 0.2) is 29.2 Å². The number of nitrogens with one attached hydrogen (secondary N) is 1. The Morgan fingerprint density at radius 3 is 2.53 bits per heavy atom. The van der Waals surface area contributed by atoms with E-state index < -0.39 is 16.1 Å². The number of aliphatic hydroxyl groups excluding tert-OH is 1. The fourth-order valence-electron chi connectivity index (χ4n) is 2.58. The summed E-state index contributed by atoms with van der Waals surface area (Å²) in [5, 5.41) is 9.53. The molecule has 106 valence electrons. The van der Waals surface area contributed by atoms with E-state index in [-0.39, 0.29) is 10.4 Å². The summed E-state index contributed by atoms with van der Waals surface area (Å²) >= 11 is 0. The SMILES string of the molecule is CC(O)c1cccc(S(=O)(=O)NC2(C)CCCC2)c1. The molecule has 1 aliphatic carbocycles. The van der Waals surface area contributed by atoms with Crippen molar-refractivity contribution in [1.29, 1.82) is 0 Å². The molecule has 19 heavy (non-hydrogen) atoms. The van der Waals surface area contributed by atoms with Gasteiger partial charge in [0.15, 0.2) is 0 Å². The van der Waals surface area contributed by atoms with Gasteiger partial charge in [0.25, 0.3) is 0 Å². The first-order valence-corrected chi connectivity index (χ1v) is 8.13. The summed E-state index contributed by atoms with van der Waals surface area (Å²) in [4.78, 5) is 0.221. The molecule has 0 amide bonds. The lowest BCUT2D eigenvalue weighted by atomic mass is 10.0. The minimum Gasteiger partial charge on any atom is -0.389 e. The second kappa shape index (κ2) is 5.23. The van der Waals surface area contributed by atoms with Crippen molar-refractivity contribution < 1.29 is 13.5 Å². The number of aliphatic hydroxyl groups is 1. The molecular formula is C14H21NO3S. The van der Waals surface area contributed by atoms with Gasteiger partial charge in [0.05, 0.1) is 11.0 Å². The summed E-state index contributed by atoms with van der Waals surface area (Å²) in [5.41, 5.74) is 0.277.